The van der Waals surface area contributed by atoms with E-state index in [1.54, 1.807) is 12.3 Å². The summed E-state index contributed by atoms with van der Waals surface area (Å²) in [6.07, 6.45) is 3.97. The van der Waals surface area contributed by atoms with E-state index in [0.717, 1.165) is 18.0 Å². The van der Waals surface area contributed by atoms with Crippen LogP contribution in [0.3, 0.4) is 0 Å². The van der Waals surface area contributed by atoms with Gasteiger partial charge in [0, 0.05) is 18.8 Å². The molecule has 0 saturated heterocycles. The Bertz CT molecular complexity index is 475. The van der Waals surface area contributed by atoms with Crippen LogP contribution in [0.1, 0.15) is 46.1 Å². The van der Waals surface area contributed by atoms with Crippen molar-refractivity contribution in [2.75, 3.05) is 5.32 Å². The third-order valence-corrected chi connectivity index (χ3v) is 3.41. The van der Waals surface area contributed by atoms with Crippen molar-refractivity contribution < 1.29 is 9.53 Å². The summed E-state index contributed by atoms with van der Waals surface area (Å²) >= 11 is 0. The van der Waals surface area contributed by atoms with E-state index in [9.17, 15) is 4.79 Å². The van der Waals surface area contributed by atoms with E-state index < -0.39 is 11.7 Å². The molecule has 0 aromatic carbocycles. The number of pyridine rings is 1. The average molecular weight is 291 g/mol. The molecule has 1 aromatic rings. The third kappa shape index (κ3) is 5.71. The van der Waals surface area contributed by atoms with Gasteiger partial charge in [0.2, 0.25) is 0 Å². The van der Waals surface area contributed by atoms with Gasteiger partial charge in [-0.1, -0.05) is 6.07 Å². The lowest BCUT2D eigenvalue weighted by molar-refractivity contribution is 0.0635. The number of hydrogen-bond donors (Lipinski definition) is 2. The summed E-state index contributed by atoms with van der Waals surface area (Å²) in [7, 11) is 0. The average Bonchev–Trinajstić information content (AvgIpc) is 3.19. The highest BCUT2D eigenvalue weighted by molar-refractivity contribution is 5.83. The number of aromatic nitrogens is 1. The molecule has 0 bridgehead atoms. The first-order valence-electron chi connectivity index (χ1n) is 7.52. The molecule has 1 amide bonds. The second-order valence-electron chi connectivity index (χ2n) is 6.69. The number of carbonyl (C=O) groups excluding carboxylic acids is 1. The number of carbonyl (C=O) groups is 1. The minimum absolute atomic E-state index is 0.483. The monoisotopic (exact) mass is 291 g/mol. The topological polar surface area (TPSA) is 63.2 Å². The van der Waals surface area contributed by atoms with Crippen LogP contribution in [-0.2, 0) is 11.3 Å². The van der Waals surface area contributed by atoms with Gasteiger partial charge >= 0.3 is 6.09 Å². The van der Waals surface area contributed by atoms with E-state index in [4.69, 9.17) is 4.74 Å². The Morgan fingerprint density at radius 1 is 1.43 bits per heavy atom. The molecule has 5 nitrogen and oxygen atoms in total. The van der Waals surface area contributed by atoms with Gasteiger partial charge in [0.05, 0.1) is 0 Å². The van der Waals surface area contributed by atoms with Gasteiger partial charge in [0.25, 0.3) is 0 Å². The molecule has 1 aliphatic rings. The number of rotatable bonds is 5. The van der Waals surface area contributed by atoms with E-state index in [2.05, 4.69) is 22.5 Å². The molecule has 116 valence electrons. The molecule has 2 rings (SSSR count). The zero-order valence-corrected chi connectivity index (χ0v) is 13.3. The molecule has 2 N–H and O–H groups in total. The summed E-state index contributed by atoms with van der Waals surface area (Å²) in [5.74, 6) is 1.34. The highest BCUT2D eigenvalue weighted by Gasteiger charge is 2.27. The molecule has 1 aromatic heterocycles. The van der Waals surface area contributed by atoms with Crippen LogP contribution < -0.4 is 10.6 Å². The summed E-state index contributed by atoms with van der Waals surface area (Å²) in [5, 5.41) is 6.13. The first kappa shape index (κ1) is 15.8. The maximum absolute atomic E-state index is 11.6. The van der Waals surface area contributed by atoms with E-state index in [1.807, 2.05) is 26.8 Å². The lowest BCUT2D eigenvalue weighted by atomic mass is 10.2. The van der Waals surface area contributed by atoms with Gasteiger partial charge in [0.1, 0.15) is 11.4 Å². The Hall–Kier alpha value is -1.62. The summed E-state index contributed by atoms with van der Waals surface area (Å²) in [4.78, 5) is 15.9. The van der Waals surface area contributed by atoms with Crippen LogP contribution in [0, 0.1) is 5.92 Å². The quantitative estimate of drug-likeness (QED) is 0.873. The summed E-state index contributed by atoms with van der Waals surface area (Å²) in [5.41, 5.74) is 0.602. The Kier molecular flexibility index (Phi) is 4.83. The van der Waals surface area contributed by atoms with E-state index >= 15 is 0 Å². The lowest BCUT2D eigenvalue weighted by Crippen LogP contribution is -2.28. The summed E-state index contributed by atoms with van der Waals surface area (Å²) < 4.78 is 5.18. The first-order valence-corrected chi connectivity index (χ1v) is 7.52. The Morgan fingerprint density at radius 3 is 2.67 bits per heavy atom. The maximum Gasteiger partial charge on any atom is 0.413 e. The molecule has 1 saturated carbocycles. The van der Waals surface area contributed by atoms with Crippen molar-refractivity contribution in [3.8, 4) is 0 Å². The normalized spacial score (nSPS) is 16.4. The van der Waals surface area contributed by atoms with Gasteiger partial charge in [-0.15, -0.1) is 0 Å². The van der Waals surface area contributed by atoms with Crippen molar-refractivity contribution in [3.63, 3.8) is 0 Å². The second-order valence-corrected chi connectivity index (χ2v) is 6.69. The number of hydrogen-bond acceptors (Lipinski definition) is 4. The van der Waals surface area contributed by atoms with Gasteiger partial charge < -0.3 is 10.1 Å². The van der Waals surface area contributed by atoms with Gasteiger partial charge in [-0.3, -0.25) is 5.32 Å². The third-order valence-electron chi connectivity index (χ3n) is 3.41. The Labute approximate surface area is 126 Å². The molecule has 21 heavy (non-hydrogen) atoms. The van der Waals surface area contributed by atoms with Crippen LogP contribution in [-0.4, -0.2) is 22.7 Å². The predicted octanol–water partition coefficient (Wildman–Crippen LogP) is 3.32. The molecule has 5 heteroatoms. The Balaban J connectivity index is 1.79. The van der Waals surface area contributed by atoms with Crippen molar-refractivity contribution >= 4 is 11.9 Å². The molecule has 0 radical (unpaired) electrons. The highest BCUT2D eigenvalue weighted by atomic mass is 16.6. The van der Waals surface area contributed by atoms with Crippen molar-refractivity contribution in [2.24, 2.45) is 5.92 Å². The molecule has 1 aliphatic carbocycles. The number of ether oxygens (including phenoxy) is 1. The van der Waals surface area contributed by atoms with Crippen LogP contribution in [0.25, 0.3) is 0 Å². The number of nitrogens with zero attached hydrogens (tertiary/aromatic N) is 1. The molecule has 1 unspecified atom stereocenters. The van der Waals surface area contributed by atoms with Crippen LogP contribution in [0.2, 0.25) is 0 Å². The fraction of sp³-hybridized carbons (Fsp3) is 0.625. The van der Waals surface area contributed by atoms with Gasteiger partial charge in [-0.2, -0.15) is 0 Å². The van der Waals surface area contributed by atoms with Crippen molar-refractivity contribution in [1.29, 1.82) is 0 Å². The maximum atomic E-state index is 11.6. The Morgan fingerprint density at radius 2 is 2.14 bits per heavy atom. The van der Waals surface area contributed by atoms with Gasteiger partial charge in [-0.25, -0.2) is 9.78 Å². The number of anilines is 1. The largest absolute Gasteiger partial charge is 0.444 e. The number of nitrogens with one attached hydrogen (secondary N) is 2. The fourth-order valence-electron chi connectivity index (χ4n) is 2.05. The first-order chi connectivity index (χ1) is 9.83. The predicted molar refractivity (Wildman–Crippen MR) is 83.1 cm³/mol. The van der Waals surface area contributed by atoms with Gasteiger partial charge in [-0.05, 0) is 58.1 Å². The van der Waals surface area contributed by atoms with E-state index in [1.165, 1.54) is 12.8 Å². The standard InChI is InChI=1S/C16H25N3O2/c1-11(13-6-7-13)17-9-12-5-8-14(18-10-12)19-15(20)21-16(2,3)4/h5,8,10-11,13,17H,6-7,9H2,1-4H3,(H,18,19,20). The minimum Gasteiger partial charge on any atom is -0.444 e. The molecule has 1 atom stereocenters. The van der Waals surface area contributed by atoms with Crippen LogP contribution >= 0.6 is 0 Å². The highest BCUT2D eigenvalue weighted by Crippen LogP contribution is 2.32. The zero-order chi connectivity index (χ0) is 15.5. The van der Waals surface area contributed by atoms with Crippen LogP contribution in [0.15, 0.2) is 18.3 Å². The molecular formula is C16H25N3O2. The molecule has 0 aliphatic heterocycles. The zero-order valence-electron chi connectivity index (χ0n) is 13.3. The molecule has 1 fully saturated rings. The minimum atomic E-state index is -0.507. The lowest BCUT2D eigenvalue weighted by Gasteiger charge is -2.19. The molecular weight excluding hydrogens is 266 g/mol. The van der Waals surface area contributed by atoms with E-state index in [0.29, 0.717) is 11.9 Å². The van der Waals surface area contributed by atoms with Crippen molar-refractivity contribution in [1.82, 2.24) is 10.3 Å². The number of amides is 1. The summed E-state index contributed by atoms with van der Waals surface area (Å²) in [6, 6.07) is 4.32. The fourth-order valence-corrected chi connectivity index (χ4v) is 2.05. The van der Waals surface area contributed by atoms with Crippen LogP contribution in [0.4, 0.5) is 10.6 Å². The van der Waals surface area contributed by atoms with Gasteiger partial charge in [0.15, 0.2) is 0 Å². The smallest absolute Gasteiger partial charge is 0.413 e. The SMILES string of the molecule is CC(NCc1ccc(NC(=O)OC(C)(C)C)nc1)C1CC1. The van der Waals surface area contributed by atoms with E-state index in [-0.39, 0.29) is 0 Å². The summed E-state index contributed by atoms with van der Waals surface area (Å²) in [6.45, 7) is 8.52. The van der Waals surface area contributed by atoms with Crippen molar-refractivity contribution in [3.05, 3.63) is 23.9 Å². The van der Waals surface area contributed by atoms with Crippen molar-refractivity contribution in [2.45, 2.75) is 58.7 Å². The second kappa shape index (κ2) is 6.43. The van der Waals surface area contributed by atoms with Crippen LogP contribution in [0.5, 0.6) is 0 Å². The molecule has 0 spiro atoms. The molecule has 1 heterocycles.